The normalized spacial score (nSPS) is 11.8. The summed E-state index contributed by atoms with van der Waals surface area (Å²) in [4.78, 5) is 20.6. The van der Waals surface area contributed by atoms with Gasteiger partial charge in [-0.1, -0.05) is 36.5 Å². The molecule has 0 aromatic carbocycles. The molecule has 4 nitrogen and oxygen atoms in total. The van der Waals surface area contributed by atoms with Crippen molar-refractivity contribution in [2.24, 2.45) is 0 Å². The van der Waals surface area contributed by atoms with E-state index in [-0.39, 0.29) is 12.8 Å². The number of rotatable bonds is 14. The van der Waals surface area contributed by atoms with Crippen molar-refractivity contribution in [2.45, 2.75) is 64.2 Å². The SMILES string of the molecule is O=C(O)CCCCC=CCC=CCC=CCCCCC(=O)O. The molecule has 0 aliphatic carbocycles. The summed E-state index contributed by atoms with van der Waals surface area (Å²) in [7, 11) is 0. The van der Waals surface area contributed by atoms with Crippen LogP contribution in [0.2, 0.25) is 0 Å². The van der Waals surface area contributed by atoms with E-state index < -0.39 is 11.9 Å². The Balaban J connectivity index is 3.36. The highest BCUT2D eigenvalue weighted by molar-refractivity contribution is 5.66. The lowest BCUT2D eigenvalue weighted by molar-refractivity contribution is -0.138. The maximum Gasteiger partial charge on any atom is 0.303 e. The zero-order valence-electron chi connectivity index (χ0n) is 13.2. The summed E-state index contributed by atoms with van der Waals surface area (Å²) in [6, 6.07) is 0. The summed E-state index contributed by atoms with van der Waals surface area (Å²) in [6.07, 6.45) is 20.2. The number of carboxylic acids is 2. The molecule has 0 saturated carbocycles. The van der Waals surface area contributed by atoms with Gasteiger partial charge in [0, 0.05) is 12.8 Å². The van der Waals surface area contributed by atoms with E-state index in [2.05, 4.69) is 36.5 Å². The average Bonchev–Trinajstić information content (AvgIpc) is 2.46. The van der Waals surface area contributed by atoms with E-state index in [1.165, 1.54) is 0 Å². The van der Waals surface area contributed by atoms with Gasteiger partial charge < -0.3 is 10.2 Å². The van der Waals surface area contributed by atoms with Gasteiger partial charge in [0.05, 0.1) is 0 Å². The Morgan fingerprint density at radius 1 is 0.591 bits per heavy atom. The fourth-order valence-electron chi connectivity index (χ4n) is 1.85. The van der Waals surface area contributed by atoms with Gasteiger partial charge in [0.15, 0.2) is 0 Å². The Bertz CT molecular complexity index is 345. The van der Waals surface area contributed by atoms with Crippen LogP contribution in [-0.4, -0.2) is 22.2 Å². The number of hydrogen-bond acceptors (Lipinski definition) is 2. The van der Waals surface area contributed by atoms with Gasteiger partial charge in [0.2, 0.25) is 0 Å². The number of allylic oxidation sites excluding steroid dienone is 6. The van der Waals surface area contributed by atoms with Crippen molar-refractivity contribution in [1.82, 2.24) is 0 Å². The van der Waals surface area contributed by atoms with Crippen LogP contribution in [0.3, 0.4) is 0 Å². The first-order valence-electron chi connectivity index (χ1n) is 8.01. The largest absolute Gasteiger partial charge is 0.481 e. The first kappa shape index (κ1) is 20.2. The molecule has 0 aliphatic heterocycles. The van der Waals surface area contributed by atoms with Crippen LogP contribution in [-0.2, 0) is 9.59 Å². The molecule has 0 bridgehead atoms. The molecule has 0 radical (unpaired) electrons. The van der Waals surface area contributed by atoms with Gasteiger partial charge in [-0.15, -0.1) is 0 Å². The Morgan fingerprint density at radius 2 is 0.955 bits per heavy atom. The van der Waals surface area contributed by atoms with Crippen molar-refractivity contribution < 1.29 is 19.8 Å². The minimum absolute atomic E-state index is 0.260. The van der Waals surface area contributed by atoms with Crippen molar-refractivity contribution in [2.75, 3.05) is 0 Å². The summed E-state index contributed by atoms with van der Waals surface area (Å²) >= 11 is 0. The lowest BCUT2D eigenvalue weighted by Gasteiger charge is -1.93. The van der Waals surface area contributed by atoms with E-state index >= 15 is 0 Å². The van der Waals surface area contributed by atoms with Crippen molar-refractivity contribution in [3.63, 3.8) is 0 Å². The molecule has 0 aromatic rings. The Hall–Kier alpha value is -1.84. The molecular weight excluding hydrogens is 280 g/mol. The van der Waals surface area contributed by atoms with Gasteiger partial charge in [0.1, 0.15) is 0 Å². The molecule has 4 heteroatoms. The van der Waals surface area contributed by atoms with Crippen LogP contribution >= 0.6 is 0 Å². The molecule has 0 rings (SSSR count). The lowest BCUT2D eigenvalue weighted by Crippen LogP contribution is -1.92. The summed E-state index contributed by atoms with van der Waals surface area (Å²) in [5.41, 5.74) is 0. The Labute approximate surface area is 133 Å². The molecule has 0 heterocycles. The Morgan fingerprint density at radius 3 is 1.32 bits per heavy atom. The van der Waals surface area contributed by atoms with Crippen LogP contribution < -0.4 is 0 Å². The van der Waals surface area contributed by atoms with Crippen molar-refractivity contribution >= 4 is 11.9 Å². The van der Waals surface area contributed by atoms with Gasteiger partial charge in [-0.25, -0.2) is 0 Å². The standard InChI is InChI=1S/C18H28O4/c19-17(20)15-13-11-9-7-5-3-1-2-4-6-8-10-12-14-16-18(21)22/h1-2,5-8H,3-4,9-16H2,(H,19,20)(H,21,22). The van der Waals surface area contributed by atoms with Crippen molar-refractivity contribution in [3.8, 4) is 0 Å². The van der Waals surface area contributed by atoms with Gasteiger partial charge in [-0.3, -0.25) is 9.59 Å². The van der Waals surface area contributed by atoms with Crippen LogP contribution in [0.25, 0.3) is 0 Å². The number of carbonyl (C=O) groups is 2. The molecule has 0 fully saturated rings. The summed E-state index contributed by atoms with van der Waals surface area (Å²) in [5, 5.41) is 17.0. The molecule has 2 N–H and O–H groups in total. The van der Waals surface area contributed by atoms with Crippen LogP contribution in [0.5, 0.6) is 0 Å². The van der Waals surface area contributed by atoms with Crippen LogP contribution in [0.4, 0.5) is 0 Å². The van der Waals surface area contributed by atoms with Gasteiger partial charge in [-0.05, 0) is 51.4 Å². The van der Waals surface area contributed by atoms with E-state index in [9.17, 15) is 9.59 Å². The maximum atomic E-state index is 10.3. The molecule has 22 heavy (non-hydrogen) atoms. The highest BCUT2D eigenvalue weighted by Crippen LogP contribution is 2.03. The molecule has 0 saturated heterocycles. The third kappa shape index (κ3) is 18.2. The minimum atomic E-state index is -0.721. The van der Waals surface area contributed by atoms with Gasteiger partial charge in [0.25, 0.3) is 0 Å². The first-order chi connectivity index (χ1) is 10.6. The average molecular weight is 308 g/mol. The highest BCUT2D eigenvalue weighted by atomic mass is 16.4. The zero-order chi connectivity index (χ0) is 16.5. The third-order valence-electron chi connectivity index (χ3n) is 3.07. The molecule has 0 unspecified atom stereocenters. The smallest absolute Gasteiger partial charge is 0.303 e. The molecule has 0 amide bonds. The quantitative estimate of drug-likeness (QED) is 0.359. The summed E-state index contributed by atoms with van der Waals surface area (Å²) < 4.78 is 0. The second-order valence-electron chi connectivity index (χ2n) is 5.16. The molecule has 0 spiro atoms. The van der Waals surface area contributed by atoms with E-state index in [1.54, 1.807) is 0 Å². The summed E-state index contributed by atoms with van der Waals surface area (Å²) in [5.74, 6) is -1.44. The van der Waals surface area contributed by atoms with Gasteiger partial charge >= 0.3 is 11.9 Å². The topological polar surface area (TPSA) is 74.6 Å². The second kappa shape index (κ2) is 15.5. The van der Waals surface area contributed by atoms with Gasteiger partial charge in [-0.2, -0.15) is 0 Å². The number of hydrogen-bond donors (Lipinski definition) is 2. The highest BCUT2D eigenvalue weighted by Gasteiger charge is 1.94. The third-order valence-corrected chi connectivity index (χ3v) is 3.07. The molecule has 0 aliphatic rings. The first-order valence-corrected chi connectivity index (χ1v) is 8.01. The minimum Gasteiger partial charge on any atom is -0.481 e. The number of carboxylic acid groups (broad SMARTS) is 2. The molecule has 0 atom stereocenters. The predicted octanol–water partition coefficient (Wildman–Crippen LogP) is 4.73. The monoisotopic (exact) mass is 308 g/mol. The maximum absolute atomic E-state index is 10.3. The summed E-state index contributed by atoms with van der Waals surface area (Å²) in [6.45, 7) is 0. The van der Waals surface area contributed by atoms with Crippen molar-refractivity contribution in [1.29, 1.82) is 0 Å². The molecule has 124 valence electrons. The molecule has 0 aromatic heterocycles. The van der Waals surface area contributed by atoms with Crippen LogP contribution in [0.1, 0.15) is 64.2 Å². The Kier molecular flexibility index (Phi) is 14.2. The predicted molar refractivity (Wildman–Crippen MR) is 88.9 cm³/mol. The number of unbranched alkanes of at least 4 members (excludes halogenated alkanes) is 4. The van der Waals surface area contributed by atoms with Crippen LogP contribution in [0, 0.1) is 0 Å². The van der Waals surface area contributed by atoms with E-state index in [4.69, 9.17) is 10.2 Å². The zero-order valence-corrected chi connectivity index (χ0v) is 13.2. The van der Waals surface area contributed by atoms with E-state index in [0.29, 0.717) is 0 Å². The van der Waals surface area contributed by atoms with E-state index in [1.807, 2.05) is 0 Å². The fraction of sp³-hybridized carbons (Fsp3) is 0.556. The lowest BCUT2D eigenvalue weighted by atomic mass is 10.1. The fourth-order valence-corrected chi connectivity index (χ4v) is 1.85. The second-order valence-corrected chi connectivity index (χ2v) is 5.16. The number of aliphatic carboxylic acids is 2. The molecular formula is C18H28O4. The van der Waals surface area contributed by atoms with E-state index in [0.717, 1.165) is 51.4 Å². The van der Waals surface area contributed by atoms with Crippen LogP contribution in [0.15, 0.2) is 36.5 Å². The van der Waals surface area contributed by atoms with Crippen molar-refractivity contribution in [3.05, 3.63) is 36.5 Å².